The number of hydrogen-bond acceptors (Lipinski definition) is 19. The van der Waals surface area contributed by atoms with E-state index in [-0.39, 0.29) is 97.2 Å². The van der Waals surface area contributed by atoms with Crippen LogP contribution in [0.3, 0.4) is 0 Å². The number of phosphoric ester groups is 1. The van der Waals surface area contributed by atoms with Crippen molar-refractivity contribution in [2.75, 3.05) is 84.1 Å². The number of H-pyrrole nitrogens is 1. The molecule has 0 bridgehead atoms. The van der Waals surface area contributed by atoms with E-state index in [2.05, 4.69) is 29.3 Å². The largest absolute Gasteiger partial charge is 0.472 e. The van der Waals surface area contributed by atoms with Crippen molar-refractivity contribution in [3.8, 4) is 0 Å². The zero-order chi connectivity index (χ0) is 44.1. The van der Waals surface area contributed by atoms with E-state index in [1.807, 2.05) is 41.3 Å². The fourth-order valence-corrected chi connectivity index (χ4v) is 5.86. The number of aromatic amines is 1. The van der Waals surface area contributed by atoms with Gasteiger partial charge in [-0.05, 0) is 42.2 Å². The summed E-state index contributed by atoms with van der Waals surface area (Å²) in [6.45, 7) is -0.0512. The molecule has 0 aliphatic carbocycles. The number of aromatic nitrogens is 4. The highest BCUT2D eigenvalue weighted by Gasteiger charge is 2.24. The van der Waals surface area contributed by atoms with Gasteiger partial charge in [-0.3, -0.25) is 33.0 Å². The SMILES string of the molecule is O=COCC(COP(=O)(O)OCCCC(=O)OCCOCCCC(=O)OCc1cn(C(CO)COCCN(CCO)c2ccc(/C=C/c3ccc(=O)[nH]c3)cc2)nn1)OC=O. The number of aliphatic hydroxyl groups excluding tert-OH is 2. The molecule has 0 aliphatic heterocycles. The first kappa shape index (κ1) is 50.0. The normalized spacial score (nSPS) is 13.2. The van der Waals surface area contributed by atoms with Gasteiger partial charge in [0, 0.05) is 50.5 Å². The Morgan fingerprint density at radius 3 is 2.28 bits per heavy atom. The monoisotopic (exact) mass is 881 g/mol. The van der Waals surface area contributed by atoms with E-state index in [9.17, 15) is 43.6 Å². The molecule has 61 heavy (non-hydrogen) atoms. The number of ether oxygens (including phenoxy) is 6. The molecule has 3 unspecified atom stereocenters. The summed E-state index contributed by atoms with van der Waals surface area (Å²) in [4.78, 5) is 70.4. The molecule has 2 aromatic heterocycles. The zero-order valence-corrected chi connectivity index (χ0v) is 34.3. The topological polar surface area (TPSA) is 287 Å². The molecule has 23 heteroatoms. The third-order valence-electron chi connectivity index (χ3n) is 8.21. The average molecular weight is 882 g/mol. The Bertz CT molecular complexity index is 1860. The van der Waals surface area contributed by atoms with E-state index in [4.69, 9.17) is 23.5 Å². The molecule has 0 spiro atoms. The maximum Gasteiger partial charge on any atom is 0.472 e. The predicted octanol–water partition coefficient (Wildman–Crippen LogP) is 1.20. The van der Waals surface area contributed by atoms with Crippen LogP contribution in [-0.2, 0) is 67.8 Å². The third kappa shape index (κ3) is 21.2. The molecule has 3 aromatic rings. The quantitative estimate of drug-likeness (QED) is 0.0215. The summed E-state index contributed by atoms with van der Waals surface area (Å²) in [6, 6.07) is 10.4. The fraction of sp³-hybridized carbons (Fsp3) is 0.500. The lowest BCUT2D eigenvalue weighted by molar-refractivity contribution is -0.145. The molecular weight excluding hydrogens is 829 g/mol. The molecule has 1 aromatic carbocycles. The lowest BCUT2D eigenvalue weighted by Gasteiger charge is -2.24. The Morgan fingerprint density at radius 1 is 0.836 bits per heavy atom. The van der Waals surface area contributed by atoms with E-state index in [1.165, 1.54) is 10.7 Å². The molecule has 336 valence electrons. The van der Waals surface area contributed by atoms with Crippen LogP contribution < -0.4 is 10.5 Å². The number of aliphatic hydroxyl groups is 2. The summed E-state index contributed by atoms with van der Waals surface area (Å²) in [5.41, 5.74) is 2.93. The summed E-state index contributed by atoms with van der Waals surface area (Å²) in [5, 5.41) is 27.6. The standard InChI is InChI=1S/C38H52N5O17P/c44-15-13-42(33-10-7-30(8-11-33)5-6-31-9-12-36(48)39-21-31)14-18-54-25-34(23-45)43-22-32(40-41-43)24-57-38(50)3-1-16-53-19-20-56-37(49)4-2-17-59-61(51,52)60-27-35(58-29-47)26-55-28-46/h5-12,21-22,28-29,34-35,44-45H,1-4,13-20,23-27H2,(H,39,48)(H,51,52)/b6-5+. The second kappa shape index (κ2) is 29.0. The third-order valence-corrected chi connectivity index (χ3v) is 9.19. The summed E-state index contributed by atoms with van der Waals surface area (Å²) in [5.74, 6) is -1.09. The maximum atomic E-state index is 12.2. The van der Waals surface area contributed by atoms with Gasteiger partial charge in [0.25, 0.3) is 12.9 Å². The van der Waals surface area contributed by atoms with Crippen LogP contribution in [0.1, 0.15) is 48.5 Å². The van der Waals surface area contributed by atoms with Crippen molar-refractivity contribution in [3.05, 3.63) is 76.0 Å². The number of phosphoric acid groups is 1. The van der Waals surface area contributed by atoms with Gasteiger partial charge >= 0.3 is 19.8 Å². The Hall–Kier alpha value is -5.32. The van der Waals surface area contributed by atoms with Gasteiger partial charge in [0.2, 0.25) is 5.56 Å². The second-order valence-corrected chi connectivity index (χ2v) is 14.3. The van der Waals surface area contributed by atoms with Crippen LogP contribution in [0, 0.1) is 0 Å². The molecule has 0 amide bonds. The number of benzene rings is 1. The highest BCUT2D eigenvalue weighted by molar-refractivity contribution is 7.47. The zero-order valence-electron chi connectivity index (χ0n) is 33.4. The molecule has 0 fully saturated rings. The van der Waals surface area contributed by atoms with E-state index < -0.39 is 38.5 Å². The minimum atomic E-state index is -4.53. The average Bonchev–Trinajstić information content (AvgIpc) is 3.73. The molecule has 0 radical (unpaired) electrons. The number of anilines is 1. The number of hydrogen-bond donors (Lipinski definition) is 4. The van der Waals surface area contributed by atoms with Crippen molar-refractivity contribution >= 4 is 50.5 Å². The van der Waals surface area contributed by atoms with Crippen LogP contribution in [0.2, 0.25) is 0 Å². The summed E-state index contributed by atoms with van der Waals surface area (Å²) in [7, 11) is -4.53. The van der Waals surface area contributed by atoms with E-state index in [0.717, 1.165) is 16.8 Å². The van der Waals surface area contributed by atoms with Gasteiger partial charge in [0.1, 0.15) is 25.5 Å². The van der Waals surface area contributed by atoms with Gasteiger partial charge in [0.15, 0.2) is 6.10 Å². The summed E-state index contributed by atoms with van der Waals surface area (Å²) >= 11 is 0. The van der Waals surface area contributed by atoms with Gasteiger partial charge in [-0.1, -0.05) is 29.5 Å². The molecule has 22 nitrogen and oxygen atoms in total. The van der Waals surface area contributed by atoms with E-state index in [1.54, 1.807) is 18.5 Å². The van der Waals surface area contributed by atoms with Crippen LogP contribution in [0.15, 0.2) is 53.6 Å². The van der Waals surface area contributed by atoms with Gasteiger partial charge in [-0.25, -0.2) is 9.25 Å². The van der Waals surface area contributed by atoms with Crippen molar-refractivity contribution in [1.82, 2.24) is 20.0 Å². The lowest BCUT2D eigenvalue weighted by atomic mass is 10.1. The molecule has 0 saturated heterocycles. The van der Waals surface area contributed by atoms with Crippen molar-refractivity contribution in [2.24, 2.45) is 0 Å². The minimum absolute atomic E-state index is 0.0389. The van der Waals surface area contributed by atoms with Crippen LogP contribution in [0.4, 0.5) is 5.69 Å². The van der Waals surface area contributed by atoms with Crippen molar-refractivity contribution < 1.29 is 76.3 Å². The van der Waals surface area contributed by atoms with E-state index in [0.29, 0.717) is 31.8 Å². The number of nitrogens with zero attached hydrogens (tertiary/aromatic N) is 4. The van der Waals surface area contributed by atoms with Gasteiger partial charge in [0.05, 0.1) is 58.5 Å². The highest BCUT2D eigenvalue weighted by Crippen LogP contribution is 2.43. The first-order chi connectivity index (χ1) is 29.5. The predicted molar refractivity (Wildman–Crippen MR) is 213 cm³/mol. The molecule has 3 atom stereocenters. The number of carbonyl (C=O) groups is 4. The summed E-state index contributed by atoms with van der Waals surface area (Å²) in [6.07, 6.45) is 6.21. The Kier molecular flexibility index (Phi) is 23.8. The van der Waals surface area contributed by atoms with Gasteiger partial charge in [-0.15, -0.1) is 5.10 Å². The van der Waals surface area contributed by atoms with Crippen LogP contribution in [-0.4, -0.2) is 145 Å². The van der Waals surface area contributed by atoms with Crippen LogP contribution >= 0.6 is 7.82 Å². The highest BCUT2D eigenvalue weighted by atomic mass is 31.2. The van der Waals surface area contributed by atoms with Crippen LogP contribution in [0.25, 0.3) is 12.2 Å². The number of carbonyl (C=O) groups excluding carboxylic acids is 4. The molecule has 0 saturated carbocycles. The first-order valence-electron chi connectivity index (χ1n) is 19.1. The van der Waals surface area contributed by atoms with Crippen molar-refractivity contribution in [1.29, 1.82) is 0 Å². The molecule has 0 aliphatic rings. The van der Waals surface area contributed by atoms with Crippen molar-refractivity contribution in [2.45, 2.75) is 44.4 Å². The first-order valence-corrected chi connectivity index (χ1v) is 20.6. The summed E-state index contributed by atoms with van der Waals surface area (Å²) < 4.78 is 53.3. The minimum Gasteiger partial charge on any atom is -0.464 e. The molecule has 4 N–H and O–H groups in total. The number of nitrogens with one attached hydrogen (secondary N) is 1. The smallest absolute Gasteiger partial charge is 0.464 e. The Balaban J connectivity index is 1.23. The molecule has 3 rings (SSSR count). The fourth-order valence-electron chi connectivity index (χ4n) is 5.07. The van der Waals surface area contributed by atoms with Gasteiger partial charge < -0.3 is 53.4 Å². The lowest BCUT2D eigenvalue weighted by Crippen LogP contribution is -2.31. The Labute approximate surface area is 350 Å². The second-order valence-electron chi connectivity index (χ2n) is 12.8. The molecular formula is C38H52N5O17P. The van der Waals surface area contributed by atoms with Gasteiger partial charge in [-0.2, -0.15) is 0 Å². The number of pyridine rings is 1. The Morgan fingerprint density at radius 2 is 1.57 bits per heavy atom. The van der Waals surface area contributed by atoms with E-state index >= 15 is 0 Å². The van der Waals surface area contributed by atoms with Crippen molar-refractivity contribution in [3.63, 3.8) is 0 Å². The maximum absolute atomic E-state index is 12.2. The van der Waals surface area contributed by atoms with Crippen LogP contribution in [0.5, 0.6) is 0 Å². The number of rotatable bonds is 34. The number of esters is 2. The molecule has 2 heterocycles.